The number of ketones is 2. The average Bonchev–Trinajstić information content (AvgIpc) is 2.75. The van der Waals surface area contributed by atoms with E-state index in [2.05, 4.69) is 6.92 Å². The number of aliphatic hydroxyl groups excluding tert-OH is 2. The van der Waals surface area contributed by atoms with Crippen molar-refractivity contribution in [1.82, 2.24) is 0 Å². The molecular formula is C25H48O7. The topological polar surface area (TPSA) is 132 Å². The van der Waals surface area contributed by atoms with Crippen molar-refractivity contribution in [1.29, 1.82) is 0 Å². The van der Waals surface area contributed by atoms with Crippen molar-refractivity contribution in [2.45, 2.75) is 135 Å². The Morgan fingerprint density at radius 1 is 0.688 bits per heavy atom. The zero-order valence-corrected chi connectivity index (χ0v) is 20.6. The summed E-state index contributed by atoms with van der Waals surface area (Å²) in [5.41, 5.74) is -2.46. The molecular weight excluding hydrogens is 412 g/mol. The summed E-state index contributed by atoms with van der Waals surface area (Å²) in [5, 5.41) is 35.3. The molecule has 0 heterocycles. The first kappa shape index (κ1) is 32.9. The molecule has 7 heteroatoms. The predicted molar refractivity (Wildman–Crippen MR) is 127 cm³/mol. The molecule has 0 spiro atoms. The number of carbonyl (C=O) groups excluding carboxylic acids is 2. The number of Topliss-reactive ketones (excluding diaryl/α,β-unsaturated/α-hetero) is 2. The van der Waals surface area contributed by atoms with E-state index in [4.69, 9.17) is 15.3 Å². The Balaban J connectivity index is 0. The van der Waals surface area contributed by atoms with E-state index >= 15 is 0 Å². The van der Waals surface area contributed by atoms with Crippen molar-refractivity contribution in [3.05, 3.63) is 0 Å². The molecule has 0 aliphatic rings. The summed E-state index contributed by atoms with van der Waals surface area (Å²) in [5.74, 6) is -2.41. The summed E-state index contributed by atoms with van der Waals surface area (Å²) < 4.78 is 0. The number of rotatable bonds is 20. The van der Waals surface area contributed by atoms with Crippen LogP contribution < -0.4 is 0 Å². The number of hydrogen-bond donors (Lipinski definition) is 4. The quantitative estimate of drug-likeness (QED) is 0.154. The number of carboxylic acids is 1. The number of hydrogen-bond acceptors (Lipinski definition) is 6. The molecule has 0 radical (unpaired) electrons. The van der Waals surface area contributed by atoms with E-state index in [1.165, 1.54) is 83.5 Å². The van der Waals surface area contributed by atoms with Crippen LogP contribution >= 0.6 is 0 Å². The second kappa shape index (κ2) is 21.5. The van der Waals surface area contributed by atoms with Gasteiger partial charge in [-0.15, -0.1) is 0 Å². The molecule has 0 aromatic carbocycles. The van der Waals surface area contributed by atoms with Crippen LogP contribution in [0.4, 0.5) is 0 Å². The van der Waals surface area contributed by atoms with E-state index in [0.29, 0.717) is 6.42 Å². The molecule has 0 saturated carbocycles. The molecule has 0 aromatic heterocycles. The summed E-state index contributed by atoms with van der Waals surface area (Å²) in [4.78, 5) is 31.9. The molecule has 1 unspecified atom stereocenters. The van der Waals surface area contributed by atoms with Crippen molar-refractivity contribution < 1.29 is 34.8 Å². The van der Waals surface area contributed by atoms with E-state index in [-0.39, 0.29) is 0 Å². The van der Waals surface area contributed by atoms with Gasteiger partial charge in [0.25, 0.3) is 0 Å². The Bertz CT molecular complexity index is 477. The molecule has 0 bridgehead atoms. The number of unbranched alkanes of at least 4 members (excludes halogenated alkanes) is 14. The molecule has 0 aliphatic heterocycles. The van der Waals surface area contributed by atoms with Gasteiger partial charge in [-0.2, -0.15) is 0 Å². The molecule has 190 valence electrons. The maximum absolute atomic E-state index is 10.8. The number of carboxylic acid groups (broad SMARTS) is 1. The highest BCUT2D eigenvalue weighted by molar-refractivity contribution is 6.08. The second-order valence-corrected chi connectivity index (χ2v) is 8.67. The highest BCUT2D eigenvalue weighted by Gasteiger charge is 2.44. The maximum Gasteiger partial charge on any atom is 0.303 e. The lowest BCUT2D eigenvalue weighted by Gasteiger charge is -2.26. The molecule has 0 amide bonds. The van der Waals surface area contributed by atoms with Crippen LogP contribution in [0.15, 0.2) is 0 Å². The highest BCUT2D eigenvalue weighted by Crippen LogP contribution is 2.14. The minimum Gasteiger partial charge on any atom is -0.481 e. The molecule has 4 N–H and O–H groups in total. The van der Waals surface area contributed by atoms with Crippen LogP contribution in [-0.2, 0) is 14.4 Å². The van der Waals surface area contributed by atoms with Crippen LogP contribution in [0.5, 0.6) is 0 Å². The first-order chi connectivity index (χ1) is 15.1. The highest BCUT2D eigenvalue weighted by atomic mass is 16.4. The van der Waals surface area contributed by atoms with E-state index < -0.39 is 35.8 Å². The first-order valence-corrected chi connectivity index (χ1v) is 12.4. The molecule has 0 saturated heterocycles. The number of carbonyl (C=O) groups is 3. The van der Waals surface area contributed by atoms with Gasteiger partial charge in [0.1, 0.15) is 6.10 Å². The van der Waals surface area contributed by atoms with Crippen LogP contribution in [0.2, 0.25) is 0 Å². The van der Waals surface area contributed by atoms with Crippen molar-refractivity contribution in [3.8, 4) is 0 Å². The Morgan fingerprint density at radius 2 is 1.00 bits per heavy atom. The monoisotopic (exact) mass is 460 g/mol. The fourth-order valence-corrected chi connectivity index (χ4v) is 3.50. The van der Waals surface area contributed by atoms with Crippen LogP contribution in [0, 0.1) is 0 Å². The SMILES string of the molecule is CC(=O)C(O)(C(C)=O)C(O)CO.CCCCCCCCCCCCCCCCCC(=O)O. The summed E-state index contributed by atoms with van der Waals surface area (Å²) >= 11 is 0. The predicted octanol–water partition coefficient (Wildman–Crippen LogP) is 4.58. The van der Waals surface area contributed by atoms with Gasteiger partial charge in [0, 0.05) is 6.42 Å². The van der Waals surface area contributed by atoms with Gasteiger partial charge >= 0.3 is 5.97 Å². The summed E-state index contributed by atoms with van der Waals surface area (Å²) in [6.45, 7) is 3.38. The van der Waals surface area contributed by atoms with Crippen molar-refractivity contribution in [3.63, 3.8) is 0 Å². The van der Waals surface area contributed by atoms with E-state index in [1.807, 2.05) is 0 Å². The molecule has 0 aliphatic carbocycles. The zero-order valence-electron chi connectivity index (χ0n) is 20.6. The van der Waals surface area contributed by atoms with Gasteiger partial charge in [-0.05, 0) is 20.3 Å². The molecule has 0 rings (SSSR count). The fourth-order valence-electron chi connectivity index (χ4n) is 3.50. The minimum atomic E-state index is -2.46. The van der Waals surface area contributed by atoms with Crippen molar-refractivity contribution in [2.24, 2.45) is 0 Å². The van der Waals surface area contributed by atoms with Gasteiger partial charge in [-0.3, -0.25) is 14.4 Å². The van der Waals surface area contributed by atoms with Gasteiger partial charge in [-0.25, -0.2) is 0 Å². The van der Waals surface area contributed by atoms with Crippen molar-refractivity contribution >= 4 is 17.5 Å². The third-order valence-electron chi connectivity index (χ3n) is 5.72. The van der Waals surface area contributed by atoms with Crippen LogP contribution in [0.1, 0.15) is 124 Å². The zero-order chi connectivity index (χ0) is 24.8. The lowest BCUT2D eigenvalue weighted by Crippen LogP contribution is -2.55. The van der Waals surface area contributed by atoms with Crippen LogP contribution in [0.25, 0.3) is 0 Å². The Kier molecular flexibility index (Phi) is 22.1. The van der Waals surface area contributed by atoms with Gasteiger partial charge in [0.2, 0.25) is 5.60 Å². The number of aliphatic carboxylic acids is 1. The summed E-state index contributed by atoms with van der Waals surface area (Å²) in [7, 11) is 0. The van der Waals surface area contributed by atoms with Gasteiger partial charge in [-0.1, -0.05) is 96.8 Å². The largest absolute Gasteiger partial charge is 0.481 e. The molecule has 1 atom stereocenters. The smallest absolute Gasteiger partial charge is 0.303 e. The molecule has 0 fully saturated rings. The first-order valence-electron chi connectivity index (χ1n) is 12.4. The van der Waals surface area contributed by atoms with E-state index in [1.54, 1.807) is 0 Å². The van der Waals surface area contributed by atoms with Gasteiger partial charge in [0.05, 0.1) is 6.61 Å². The van der Waals surface area contributed by atoms with E-state index in [0.717, 1.165) is 26.7 Å². The number of aliphatic hydroxyl groups is 3. The van der Waals surface area contributed by atoms with E-state index in [9.17, 15) is 19.5 Å². The normalized spacial score (nSPS) is 12.1. The fraction of sp³-hybridized carbons (Fsp3) is 0.880. The summed E-state index contributed by atoms with van der Waals surface area (Å²) in [6.07, 6.45) is 18.4. The Hall–Kier alpha value is -1.31. The molecule has 7 nitrogen and oxygen atoms in total. The molecule has 32 heavy (non-hydrogen) atoms. The lowest BCUT2D eigenvalue weighted by atomic mass is 9.89. The minimum absolute atomic E-state index is 0.345. The van der Waals surface area contributed by atoms with Crippen LogP contribution in [0.3, 0.4) is 0 Å². The van der Waals surface area contributed by atoms with Gasteiger partial charge in [0.15, 0.2) is 11.6 Å². The van der Waals surface area contributed by atoms with Crippen molar-refractivity contribution in [2.75, 3.05) is 6.61 Å². The molecule has 0 aromatic rings. The standard InChI is InChI=1S/C18H36O2.C7H12O5/c1-2-3-4-5-6-7-8-9-10-11-12-13-14-15-16-17-18(19)20;1-4(9)7(12,5(2)10)6(11)3-8/h2-17H2,1H3,(H,19,20);6,8,11-12H,3H2,1-2H3. The Labute approximate surface area is 194 Å². The maximum atomic E-state index is 10.8. The summed E-state index contributed by atoms with van der Waals surface area (Å²) in [6, 6.07) is 0. The third kappa shape index (κ3) is 17.3. The Morgan fingerprint density at radius 3 is 1.22 bits per heavy atom. The second-order valence-electron chi connectivity index (χ2n) is 8.67. The average molecular weight is 461 g/mol. The van der Waals surface area contributed by atoms with Gasteiger partial charge < -0.3 is 20.4 Å². The third-order valence-corrected chi connectivity index (χ3v) is 5.72. The lowest BCUT2D eigenvalue weighted by molar-refractivity contribution is -0.163. The van der Waals surface area contributed by atoms with Crippen LogP contribution in [-0.4, -0.2) is 56.3 Å².